The molecule has 4 N–H and O–H groups in total. The number of carbonyl (C=O) groups excluding carboxylic acids is 2. The molecular formula is C18H26N2O4. The third-order valence-electron chi connectivity index (χ3n) is 4.40. The molecule has 1 fully saturated rings. The zero-order chi connectivity index (χ0) is 17.5. The van der Waals surface area contributed by atoms with Gasteiger partial charge in [0.25, 0.3) is 5.91 Å². The summed E-state index contributed by atoms with van der Waals surface area (Å²) in [4.78, 5) is 24.4. The number of anilines is 1. The Bertz CT molecular complexity index is 568. The van der Waals surface area contributed by atoms with Crippen LogP contribution in [0.2, 0.25) is 0 Å². The highest BCUT2D eigenvalue weighted by Crippen LogP contribution is 2.25. The molecule has 2 amide bonds. The van der Waals surface area contributed by atoms with Crippen molar-refractivity contribution in [3.8, 4) is 0 Å². The molecule has 2 atom stereocenters. The number of hydrogen-bond acceptors (Lipinski definition) is 4. The molecule has 1 saturated carbocycles. The van der Waals surface area contributed by atoms with E-state index in [4.69, 9.17) is 0 Å². The smallest absolute Gasteiger partial charge is 0.251 e. The molecule has 6 heteroatoms. The van der Waals surface area contributed by atoms with Crippen molar-refractivity contribution in [1.29, 1.82) is 0 Å². The van der Waals surface area contributed by atoms with E-state index in [9.17, 15) is 19.8 Å². The van der Waals surface area contributed by atoms with E-state index in [0.717, 1.165) is 25.7 Å². The Kier molecular flexibility index (Phi) is 6.75. The van der Waals surface area contributed by atoms with Crippen LogP contribution in [0.5, 0.6) is 0 Å². The molecule has 1 aliphatic carbocycles. The first-order chi connectivity index (χ1) is 11.5. The van der Waals surface area contributed by atoms with E-state index in [0.29, 0.717) is 11.3 Å². The van der Waals surface area contributed by atoms with Gasteiger partial charge in [-0.3, -0.25) is 9.59 Å². The largest absolute Gasteiger partial charge is 0.391 e. The maximum absolute atomic E-state index is 12.3. The molecule has 2 rings (SSSR count). The Morgan fingerprint density at radius 2 is 1.92 bits per heavy atom. The van der Waals surface area contributed by atoms with Gasteiger partial charge in [0.05, 0.1) is 12.2 Å². The van der Waals surface area contributed by atoms with Crippen molar-refractivity contribution in [3.63, 3.8) is 0 Å². The van der Waals surface area contributed by atoms with Gasteiger partial charge in [-0.15, -0.1) is 0 Å². The first-order valence-electron chi connectivity index (χ1n) is 8.52. The maximum atomic E-state index is 12.3. The zero-order valence-electron chi connectivity index (χ0n) is 14.0. The molecular weight excluding hydrogens is 308 g/mol. The first-order valence-corrected chi connectivity index (χ1v) is 8.52. The van der Waals surface area contributed by atoms with Crippen LogP contribution in [0.15, 0.2) is 24.3 Å². The van der Waals surface area contributed by atoms with E-state index in [1.54, 1.807) is 24.3 Å². The lowest BCUT2D eigenvalue weighted by Gasteiger charge is -2.20. The molecule has 1 aliphatic rings. The average molecular weight is 334 g/mol. The fourth-order valence-electron chi connectivity index (χ4n) is 2.82. The molecule has 1 aromatic rings. The van der Waals surface area contributed by atoms with Crippen LogP contribution in [0, 0.1) is 5.92 Å². The second-order valence-electron chi connectivity index (χ2n) is 6.42. The second-order valence-corrected chi connectivity index (χ2v) is 6.42. The molecule has 0 aromatic heterocycles. The fourth-order valence-corrected chi connectivity index (χ4v) is 2.82. The molecule has 0 aliphatic heterocycles. The minimum Gasteiger partial charge on any atom is -0.391 e. The van der Waals surface area contributed by atoms with Gasteiger partial charge in [-0.2, -0.15) is 0 Å². The Labute approximate surface area is 142 Å². The van der Waals surface area contributed by atoms with Crippen LogP contribution in [0.1, 0.15) is 49.4 Å². The number of nitrogens with one attached hydrogen (secondary N) is 2. The Balaban J connectivity index is 1.92. The van der Waals surface area contributed by atoms with Gasteiger partial charge in [0.2, 0.25) is 5.91 Å². The highest BCUT2D eigenvalue weighted by molar-refractivity contribution is 5.97. The molecule has 0 heterocycles. The molecule has 0 radical (unpaired) electrons. The SMILES string of the molecule is CC(O)C(O)CNC(=O)c1cccc(NC(=O)C2CCCCC2)c1. The van der Waals surface area contributed by atoms with E-state index in [1.165, 1.54) is 13.3 Å². The summed E-state index contributed by atoms with van der Waals surface area (Å²) >= 11 is 0. The summed E-state index contributed by atoms with van der Waals surface area (Å²) in [6, 6.07) is 6.71. The van der Waals surface area contributed by atoms with Crippen LogP contribution in [-0.4, -0.2) is 40.8 Å². The monoisotopic (exact) mass is 334 g/mol. The van der Waals surface area contributed by atoms with E-state index in [2.05, 4.69) is 10.6 Å². The number of hydrogen-bond donors (Lipinski definition) is 4. The topological polar surface area (TPSA) is 98.7 Å². The summed E-state index contributed by atoms with van der Waals surface area (Å²) in [5.74, 6) is -0.294. The van der Waals surface area contributed by atoms with E-state index >= 15 is 0 Å². The number of amides is 2. The van der Waals surface area contributed by atoms with Crippen molar-refractivity contribution in [3.05, 3.63) is 29.8 Å². The summed E-state index contributed by atoms with van der Waals surface area (Å²) in [5.41, 5.74) is 0.989. The highest BCUT2D eigenvalue weighted by atomic mass is 16.3. The molecule has 0 saturated heterocycles. The third kappa shape index (κ3) is 5.32. The number of aliphatic hydroxyl groups is 2. The highest BCUT2D eigenvalue weighted by Gasteiger charge is 2.21. The minimum atomic E-state index is -1.01. The predicted molar refractivity (Wildman–Crippen MR) is 91.7 cm³/mol. The minimum absolute atomic E-state index is 0.0109. The lowest BCUT2D eigenvalue weighted by molar-refractivity contribution is -0.120. The van der Waals surface area contributed by atoms with Crippen LogP contribution < -0.4 is 10.6 Å². The van der Waals surface area contributed by atoms with Gasteiger partial charge < -0.3 is 20.8 Å². The van der Waals surface area contributed by atoms with Crippen molar-refractivity contribution in [2.75, 3.05) is 11.9 Å². The van der Waals surface area contributed by atoms with Crippen molar-refractivity contribution in [2.45, 2.75) is 51.2 Å². The van der Waals surface area contributed by atoms with Gasteiger partial charge in [-0.25, -0.2) is 0 Å². The van der Waals surface area contributed by atoms with Gasteiger partial charge in [-0.05, 0) is 38.0 Å². The summed E-state index contributed by atoms with van der Waals surface area (Å²) in [5, 5.41) is 24.2. The van der Waals surface area contributed by atoms with Crippen molar-refractivity contribution in [1.82, 2.24) is 5.32 Å². The van der Waals surface area contributed by atoms with Crippen LogP contribution in [0.25, 0.3) is 0 Å². The number of rotatable bonds is 6. The fraction of sp³-hybridized carbons (Fsp3) is 0.556. The number of carbonyl (C=O) groups is 2. The lowest BCUT2D eigenvalue weighted by Crippen LogP contribution is -2.37. The van der Waals surface area contributed by atoms with Crippen molar-refractivity contribution in [2.24, 2.45) is 5.92 Å². The van der Waals surface area contributed by atoms with Crippen LogP contribution in [0.3, 0.4) is 0 Å². The van der Waals surface area contributed by atoms with Gasteiger partial charge in [0, 0.05) is 23.7 Å². The standard InChI is InChI=1S/C18H26N2O4/c1-12(21)16(22)11-19-17(23)14-8-5-9-15(10-14)20-18(24)13-6-3-2-4-7-13/h5,8-10,12-13,16,21-22H,2-4,6-7,11H2,1H3,(H,19,23)(H,20,24). The van der Waals surface area contributed by atoms with Crippen LogP contribution in [-0.2, 0) is 4.79 Å². The van der Waals surface area contributed by atoms with Gasteiger partial charge in [-0.1, -0.05) is 25.3 Å². The average Bonchev–Trinajstić information content (AvgIpc) is 2.60. The van der Waals surface area contributed by atoms with E-state index in [-0.39, 0.29) is 24.3 Å². The summed E-state index contributed by atoms with van der Waals surface area (Å²) < 4.78 is 0. The first kappa shape index (κ1) is 18.4. The van der Waals surface area contributed by atoms with Gasteiger partial charge in [0.15, 0.2) is 0 Å². The molecule has 24 heavy (non-hydrogen) atoms. The van der Waals surface area contributed by atoms with Crippen LogP contribution in [0.4, 0.5) is 5.69 Å². The molecule has 132 valence electrons. The Morgan fingerprint density at radius 1 is 1.21 bits per heavy atom. The maximum Gasteiger partial charge on any atom is 0.251 e. The van der Waals surface area contributed by atoms with E-state index in [1.807, 2.05) is 0 Å². The lowest BCUT2D eigenvalue weighted by atomic mass is 9.88. The zero-order valence-corrected chi connectivity index (χ0v) is 14.0. The Hall–Kier alpha value is -1.92. The second kappa shape index (κ2) is 8.80. The van der Waals surface area contributed by atoms with Gasteiger partial charge >= 0.3 is 0 Å². The molecule has 2 unspecified atom stereocenters. The van der Waals surface area contributed by atoms with Gasteiger partial charge in [0.1, 0.15) is 0 Å². The summed E-state index contributed by atoms with van der Waals surface area (Å²) in [7, 11) is 0. The quantitative estimate of drug-likeness (QED) is 0.636. The molecule has 1 aromatic carbocycles. The molecule has 0 bridgehead atoms. The summed E-state index contributed by atoms with van der Waals surface area (Å²) in [6.07, 6.45) is 3.29. The van der Waals surface area contributed by atoms with E-state index < -0.39 is 12.2 Å². The third-order valence-corrected chi connectivity index (χ3v) is 4.40. The van der Waals surface area contributed by atoms with Crippen molar-refractivity contribution >= 4 is 17.5 Å². The molecule has 0 spiro atoms. The normalized spacial score (nSPS) is 17.8. The van der Waals surface area contributed by atoms with Crippen LogP contribution >= 0.6 is 0 Å². The predicted octanol–water partition coefficient (Wildman–Crippen LogP) is 1.68. The molecule has 6 nitrogen and oxygen atoms in total. The Morgan fingerprint density at radius 3 is 2.58 bits per heavy atom. The number of aliphatic hydroxyl groups excluding tert-OH is 2. The number of benzene rings is 1. The van der Waals surface area contributed by atoms with Crippen molar-refractivity contribution < 1.29 is 19.8 Å². The summed E-state index contributed by atoms with van der Waals surface area (Å²) in [6.45, 7) is 1.42.